The van der Waals surface area contributed by atoms with E-state index in [1.54, 1.807) is 37.3 Å². The van der Waals surface area contributed by atoms with Crippen LogP contribution in [0.5, 0.6) is 11.5 Å². The molecule has 4 rings (SSSR count). The van der Waals surface area contributed by atoms with Crippen molar-refractivity contribution in [3.63, 3.8) is 0 Å². The van der Waals surface area contributed by atoms with Crippen LogP contribution in [0, 0.1) is 6.92 Å². The first-order valence-corrected chi connectivity index (χ1v) is 15.5. The molecular weight excluding hydrogens is 554 g/mol. The van der Waals surface area contributed by atoms with Crippen molar-refractivity contribution >= 4 is 27.5 Å². The van der Waals surface area contributed by atoms with Gasteiger partial charge in [0, 0.05) is 18.7 Å². The first kappa shape index (κ1) is 30.9. The maximum Gasteiger partial charge on any atom is 0.264 e. The molecule has 0 saturated heterocycles. The van der Waals surface area contributed by atoms with Crippen molar-refractivity contribution in [3.8, 4) is 11.5 Å². The number of nitrogens with one attached hydrogen (secondary N) is 1. The van der Waals surface area contributed by atoms with Crippen LogP contribution in [0.15, 0.2) is 77.7 Å². The summed E-state index contributed by atoms with van der Waals surface area (Å²) in [6.45, 7) is 3.27. The molecular formula is C32H39N3O6S. The molecule has 1 aliphatic rings. The molecule has 1 saturated carbocycles. The SMILES string of the molecule is COc1ccc(N(CC(=O)N(Cc2ccc(C)cc2)[C@@H](C)C(=O)NC2CCCC2)S(=O)(=O)c2ccccc2)cc1OC. The van der Waals surface area contributed by atoms with Crippen molar-refractivity contribution in [1.29, 1.82) is 0 Å². The third kappa shape index (κ3) is 7.23. The van der Waals surface area contributed by atoms with Crippen LogP contribution in [0.3, 0.4) is 0 Å². The van der Waals surface area contributed by atoms with E-state index in [-0.39, 0.29) is 29.1 Å². The normalized spacial score (nSPS) is 14.2. The maximum atomic E-state index is 14.1. The zero-order valence-corrected chi connectivity index (χ0v) is 25.4. The zero-order chi connectivity index (χ0) is 30.3. The predicted molar refractivity (Wildman–Crippen MR) is 162 cm³/mol. The minimum Gasteiger partial charge on any atom is -0.493 e. The summed E-state index contributed by atoms with van der Waals surface area (Å²) in [6.07, 6.45) is 3.94. The Morgan fingerprint density at radius 2 is 1.57 bits per heavy atom. The summed E-state index contributed by atoms with van der Waals surface area (Å²) in [7, 11) is -1.24. The number of nitrogens with zero attached hydrogens (tertiary/aromatic N) is 2. The van der Waals surface area contributed by atoms with Gasteiger partial charge in [-0.25, -0.2) is 8.42 Å². The highest BCUT2D eigenvalue weighted by atomic mass is 32.2. The van der Waals surface area contributed by atoms with Gasteiger partial charge in [-0.2, -0.15) is 0 Å². The van der Waals surface area contributed by atoms with Crippen LogP contribution >= 0.6 is 0 Å². The number of amides is 2. The fourth-order valence-corrected chi connectivity index (χ4v) is 6.52. The van der Waals surface area contributed by atoms with Gasteiger partial charge < -0.3 is 19.7 Å². The molecule has 3 aromatic rings. The Labute approximate surface area is 248 Å². The van der Waals surface area contributed by atoms with E-state index in [0.717, 1.165) is 41.1 Å². The molecule has 1 N–H and O–H groups in total. The number of aryl methyl sites for hydroxylation is 1. The quantitative estimate of drug-likeness (QED) is 0.327. The molecule has 0 spiro atoms. The van der Waals surface area contributed by atoms with Gasteiger partial charge in [0.2, 0.25) is 11.8 Å². The molecule has 2 amide bonds. The number of hydrogen-bond donors (Lipinski definition) is 1. The third-order valence-electron chi connectivity index (χ3n) is 7.61. The molecule has 3 aromatic carbocycles. The molecule has 224 valence electrons. The second-order valence-corrected chi connectivity index (χ2v) is 12.4. The van der Waals surface area contributed by atoms with Gasteiger partial charge in [-0.05, 0) is 56.5 Å². The number of methoxy groups -OCH3 is 2. The van der Waals surface area contributed by atoms with Gasteiger partial charge in [-0.1, -0.05) is 60.9 Å². The number of anilines is 1. The number of rotatable bonds is 12. The van der Waals surface area contributed by atoms with E-state index in [1.165, 1.54) is 37.3 Å². The highest BCUT2D eigenvalue weighted by Crippen LogP contribution is 2.34. The topological polar surface area (TPSA) is 105 Å². The third-order valence-corrected chi connectivity index (χ3v) is 9.40. The molecule has 1 fully saturated rings. The molecule has 1 aliphatic carbocycles. The van der Waals surface area contributed by atoms with E-state index in [2.05, 4.69) is 5.32 Å². The lowest BCUT2D eigenvalue weighted by Crippen LogP contribution is -2.52. The van der Waals surface area contributed by atoms with E-state index in [9.17, 15) is 18.0 Å². The van der Waals surface area contributed by atoms with Crippen molar-refractivity contribution in [2.75, 3.05) is 25.1 Å². The summed E-state index contributed by atoms with van der Waals surface area (Å²) >= 11 is 0. The van der Waals surface area contributed by atoms with Gasteiger partial charge >= 0.3 is 0 Å². The average molecular weight is 594 g/mol. The van der Waals surface area contributed by atoms with Crippen LogP contribution in [-0.2, 0) is 26.2 Å². The van der Waals surface area contributed by atoms with Crippen molar-refractivity contribution < 1.29 is 27.5 Å². The van der Waals surface area contributed by atoms with E-state index in [1.807, 2.05) is 31.2 Å². The van der Waals surface area contributed by atoms with Crippen LogP contribution in [0.2, 0.25) is 0 Å². The van der Waals surface area contributed by atoms with Crippen LogP contribution in [0.25, 0.3) is 0 Å². The second kappa shape index (κ2) is 13.7. The van der Waals surface area contributed by atoms with Gasteiger partial charge in [-0.3, -0.25) is 13.9 Å². The summed E-state index contributed by atoms with van der Waals surface area (Å²) in [5.41, 5.74) is 2.12. The lowest BCUT2D eigenvalue weighted by Gasteiger charge is -2.32. The average Bonchev–Trinajstić information content (AvgIpc) is 3.52. The number of ether oxygens (including phenoxy) is 2. The predicted octanol–water partition coefficient (Wildman–Crippen LogP) is 4.68. The largest absolute Gasteiger partial charge is 0.493 e. The Bertz CT molecular complexity index is 1470. The lowest BCUT2D eigenvalue weighted by atomic mass is 10.1. The molecule has 0 bridgehead atoms. The molecule has 0 radical (unpaired) electrons. The Kier molecular flexibility index (Phi) is 10.1. The zero-order valence-electron chi connectivity index (χ0n) is 24.6. The van der Waals surface area contributed by atoms with E-state index in [0.29, 0.717) is 11.5 Å². The number of carbonyl (C=O) groups excluding carboxylic acids is 2. The summed E-state index contributed by atoms with van der Waals surface area (Å²) in [5, 5.41) is 3.08. The van der Waals surface area contributed by atoms with Crippen molar-refractivity contribution in [3.05, 3.63) is 83.9 Å². The summed E-state index contributed by atoms with van der Waals surface area (Å²) < 4.78 is 39.8. The van der Waals surface area contributed by atoms with Crippen LogP contribution in [-0.4, -0.2) is 58.0 Å². The Balaban J connectivity index is 1.71. The van der Waals surface area contributed by atoms with Gasteiger partial charge in [0.15, 0.2) is 11.5 Å². The number of sulfonamides is 1. The van der Waals surface area contributed by atoms with Gasteiger partial charge in [0.1, 0.15) is 12.6 Å². The highest BCUT2D eigenvalue weighted by molar-refractivity contribution is 7.92. The first-order valence-electron chi connectivity index (χ1n) is 14.1. The fourth-order valence-electron chi connectivity index (χ4n) is 5.09. The highest BCUT2D eigenvalue weighted by Gasteiger charge is 2.33. The lowest BCUT2D eigenvalue weighted by molar-refractivity contribution is -0.139. The molecule has 42 heavy (non-hydrogen) atoms. The molecule has 0 heterocycles. The molecule has 10 heteroatoms. The summed E-state index contributed by atoms with van der Waals surface area (Å²) in [5.74, 6) is -0.0377. The van der Waals surface area contributed by atoms with Crippen LogP contribution in [0.1, 0.15) is 43.7 Å². The van der Waals surface area contributed by atoms with Gasteiger partial charge in [-0.15, -0.1) is 0 Å². The van der Waals surface area contributed by atoms with Crippen molar-refractivity contribution in [2.45, 2.75) is 63.1 Å². The number of hydrogen-bond acceptors (Lipinski definition) is 6. The fraction of sp³-hybridized carbons (Fsp3) is 0.375. The van der Waals surface area contributed by atoms with Crippen molar-refractivity contribution in [1.82, 2.24) is 10.2 Å². The monoisotopic (exact) mass is 593 g/mol. The smallest absolute Gasteiger partial charge is 0.264 e. The molecule has 1 atom stereocenters. The molecule has 0 aromatic heterocycles. The maximum absolute atomic E-state index is 14.1. The Hall–Kier alpha value is -4.05. The minimum atomic E-state index is -4.18. The Morgan fingerprint density at radius 3 is 2.19 bits per heavy atom. The summed E-state index contributed by atoms with van der Waals surface area (Å²) in [4.78, 5) is 29.0. The van der Waals surface area contributed by atoms with Crippen LogP contribution < -0.4 is 19.1 Å². The minimum absolute atomic E-state index is 0.0321. The number of benzene rings is 3. The first-order chi connectivity index (χ1) is 20.1. The van der Waals surface area contributed by atoms with Gasteiger partial charge in [0.05, 0.1) is 24.8 Å². The molecule has 0 unspecified atom stereocenters. The Morgan fingerprint density at radius 1 is 0.929 bits per heavy atom. The molecule has 0 aliphatic heterocycles. The van der Waals surface area contributed by atoms with Gasteiger partial charge in [0.25, 0.3) is 10.0 Å². The molecule has 9 nitrogen and oxygen atoms in total. The van der Waals surface area contributed by atoms with E-state index in [4.69, 9.17) is 9.47 Å². The van der Waals surface area contributed by atoms with Crippen molar-refractivity contribution in [2.24, 2.45) is 0 Å². The summed E-state index contributed by atoms with van der Waals surface area (Å²) in [6, 6.07) is 19.6. The standard InChI is InChI=1S/C32H39N3O6S/c1-23-14-16-25(17-15-23)21-34(24(2)32(37)33-26-10-8-9-11-26)31(36)22-35(42(38,39)28-12-6-5-7-13-28)27-18-19-29(40-3)30(20-27)41-4/h5-7,12-20,24,26H,8-11,21-22H2,1-4H3,(H,33,37)/t24-/m0/s1. The van der Waals surface area contributed by atoms with E-state index >= 15 is 0 Å². The van der Waals surface area contributed by atoms with E-state index < -0.39 is 28.5 Å². The second-order valence-electron chi connectivity index (χ2n) is 10.5. The van der Waals surface area contributed by atoms with Crippen LogP contribution in [0.4, 0.5) is 5.69 Å². The number of carbonyl (C=O) groups is 2.